The van der Waals surface area contributed by atoms with Crippen LogP contribution in [0.25, 0.3) is 0 Å². The van der Waals surface area contributed by atoms with Crippen molar-refractivity contribution < 1.29 is 0 Å². The molecule has 1 heterocycles. The molecule has 1 N–H and O–H groups in total. The standard InChI is InChI=1S/C8H12N2S4/c1-9-8(11)14-5-4-12-6-7-10-2-3-13-7/h2-3H,4-6H2,1H3,(H,9,11). The third-order valence-corrected chi connectivity index (χ3v) is 5.00. The van der Waals surface area contributed by atoms with Crippen LogP contribution in [0.4, 0.5) is 0 Å². The van der Waals surface area contributed by atoms with Gasteiger partial charge in [-0.15, -0.1) is 11.3 Å². The van der Waals surface area contributed by atoms with Gasteiger partial charge < -0.3 is 5.32 Å². The molecule has 1 rings (SSSR count). The third-order valence-electron chi connectivity index (χ3n) is 1.37. The molecular weight excluding hydrogens is 252 g/mol. The van der Waals surface area contributed by atoms with Crippen molar-refractivity contribution in [3.63, 3.8) is 0 Å². The molecule has 1 aromatic rings. The lowest BCUT2D eigenvalue weighted by Crippen LogP contribution is -2.11. The van der Waals surface area contributed by atoms with Gasteiger partial charge >= 0.3 is 0 Å². The fourth-order valence-corrected chi connectivity index (χ4v) is 3.45. The molecule has 0 amide bonds. The maximum absolute atomic E-state index is 5.02. The van der Waals surface area contributed by atoms with Gasteiger partial charge in [0.25, 0.3) is 0 Å². The summed E-state index contributed by atoms with van der Waals surface area (Å²) in [7, 11) is 1.86. The van der Waals surface area contributed by atoms with Crippen LogP contribution in [0.5, 0.6) is 0 Å². The molecule has 6 heteroatoms. The van der Waals surface area contributed by atoms with Crippen molar-refractivity contribution in [2.75, 3.05) is 18.6 Å². The van der Waals surface area contributed by atoms with Crippen molar-refractivity contribution in [2.45, 2.75) is 5.75 Å². The van der Waals surface area contributed by atoms with Crippen LogP contribution in [-0.2, 0) is 5.75 Å². The van der Waals surface area contributed by atoms with Gasteiger partial charge in [-0.25, -0.2) is 4.98 Å². The van der Waals surface area contributed by atoms with Gasteiger partial charge in [-0.2, -0.15) is 11.8 Å². The van der Waals surface area contributed by atoms with E-state index < -0.39 is 0 Å². The second-order valence-corrected chi connectivity index (χ2v) is 6.22. The Labute approximate surface area is 102 Å². The smallest absolute Gasteiger partial charge is 0.133 e. The number of thiazole rings is 1. The Morgan fingerprint density at radius 2 is 2.50 bits per heavy atom. The molecule has 0 fully saturated rings. The van der Waals surface area contributed by atoms with Crippen LogP contribution in [0.1, 0.15) is 5.01 Å². The summed E-state index contributed by atoms with van der Waals surface area (Å²) in [6, 6.07) is 0. The number of hydrogen-bond acceptors (Lipinski definition) is 5. The Balaban J connectivity index is 1.97. The Hall–Kier alpha value is 0.220. The van der Waals surface area contributed by atoms with Crippen LogP contribution in [0.15, 0.2) is 11.6 Å². The van der Waals surface area contributed by atoms with Crippen molar-refractivity contribution in [1.82, 2.24) is 10.3 Å². The zero-order valence-electron chi connectivity index (χ0n) is 7.86. The predicted octanol–water partition coefficient (Wildman–Crippen LogP) is 2.61. The summed E-state index contributed by atoms with van der Waals surface area (Å²) in [5.41, 5.74) is 0. The number of hydrogen-bond donors (Lipinski definition) is 1. The number of nitrogens with one attached hydrogen (secondary N) is 1. The molecule has 2 nitrogen and oxygen atoms in total. The molecule has 0 aliphatic carbocycles. The number of nitrogens with zero attached hydrogens (tertiary/aromatic N) is 1. The minimum atomic E-state index is 0.875. The Kier molecular flexibility index (Phi) is 6.59. The van der Waals surface area contributed by atoms with Gasteiger partial charge in [0.1, 0.15) is 9.33 Å². The van der Waals surface area contributed by atoms with Crippen LogP contribution in [0.2, 0.25) is 0 Å². The van der Waals surface area contributed by atoms with Crippen LogP contribution >= 0.6 is 47.1 Å². The molecule has 0 atom stereocenters. The van der Waals surface area contributed by atoms with Crippen molar-refractivity contribution in [3.8, 4) is 0 Å². The normalized spacial score (nSPS) is 10.1. The quantitative estimate of drug-likeness (QED) is 0.651. The molecule has 0 saturated carbocycles. The molecule has 0 bridgehead atoms. The summed E-state index contributed by atoms with van der Waals surface area (Å²) in [5, 5.41) is 6.16. The number of rotatable bonds is 5. The molecule has 0 aliphatic heterocycles. The van der Waals surface area contributed by atoms with Crippen LogP contribution in [0, 0.1) is 0 Å². The van der Waals surface area contributed by atoms with Crippen LogP contribution in [0.3, 0.4) is 0 Å². The summed E-state index contributed by atoms with van der Waals surface area (Å²) in [6.45, 7) is 0. The minimum absolute atomic E-state index is 0.875. The van der Waals surface area contributed by atoms with Crippen LogP contribution in [-0.4, -0.2) is 27.9 Å². The van der Waals surface area contributed by atoms with Crippen molar-refractivity contribution in [1.29, 1.82) is 0 Å². The molecule has 0 aromatic carbocycles. The monoisotopic (exact) mass is 264 g/mol. The molecule has 0 spiro atoms. The first-order chi connectivity index (χ1) is 6.83. The Morgan fingerprint density at radius 3 is 3.14 bits per heavy atom. The summed E-state index contributed by atoms with van der Waals surface area (Å²) in [6.07, 6.45) is 1.85. The average molecular weight is 264 g/mol. The summed E-state index contributed by atoms with van der Waals surface area (Å²) in [4.78, 5) is 4.22. The molecule has 0 unspecified atom stereocenters. The molecule has 0 radical (unpaired) electrons. The molecule has 14 heavy (non-hydrogen) atoms. The molecule has 0 saturated heterocycles. The van der Waals surface area contributed by atoms with Crippen LogP contribution < -0.4 is 5.32 Å². The van der Waals surface area contributed by atoms with E-state index in [9.17, 15) is 0 Å². The van der Waals surface area contributed by atoms with E-state index in [0.717, 1.165) is 21.6 Å². The first kappa shape index (κ1) is 12.3. The van der Waals surface area contributed by atoms with E-state index in [1.165, 1.54) is 5.01 Å². The van der Waals surface area contributed by atoms with Gasteiger partial charge in [0, 0.05) is 35.9 Å². The highest BCUT2D eigenvalue weighted by molar-refractivity contribution is 8.23. The fourth-order valence-electron chi connectivity index (χ4n) is 0.749. The van der Waals surface area contributed by atoms with E-state index in [4.69, 9.17) is 12.2 Å². The molecule has 78 valence electrons. The highest BCUT2D eigenvalue weighted by Crippen LogP contribution is 2.15. The number of aromatic nitrogens is 1. The van der Waals surface area contributed by atoms with Gasteiger partial charge in [0.2, 0.25) is 0 Å². The predicted molar refractivity (Wildman–Crippen MR) is 72.4 cm³/mol. The highest BCUT2D eigenvalue weighted by Gasteiger charge is 1.97. The van der Waals surface area contributed by atoms with Crippen molar-refractivity contribution in [2.24, 2.45) is 0 Å². The average Bonchev–Trinajstić information content (AvgIpc) is 2.69. The Morgan fingerprint density at radius 1 is 1.64 bits per heavy atom. The summed E-state index contributed by atoms with van der Waals surface area (Å²) < 4.78 is 0.875. The van der Waals surface area contributed by atoms with Crippen molar-refractivity contribution in [3.05, 3.63) is 16.6 Å². The maximum atomic E-state index is 5.02. The van der Waals surface area contributed by atoms with E-state index in [2.05, 4.69) is 10.3 Å². The largest absolute Gasteiger partial charge is 0.374 e. The lowest BCUT2D eigenvalue weighted by molar-refractivity contribution is 1.23. The minimum Gasteiger partial charge on any atom is -0.374 e. The van der Waals surface area contributed by atoms with E-state index >= 15 is 0 Å². The lowest BCUT2D eigenvalue weighted by atomic mass is 10.8. The number of thioether (sulfide) groups is 2. The van der Waals surface area contributed by atoms with Gasteiger partial charge in [-0.1, -0.05) is 24.0 Å². The summed E-state index contributed by atoms with van der Waals surface area (Å²) >= 11 is 10.3. The second-order valence-electron chi connectivity index (χ2n) is 2.36. The zero-order chi connectivity index (χ0) is 10.2. The highest BCUT2D eigenvalue weighted by atomic mass is 32.2. The first-order valence-electron chi connectivity index (χ1n) is 4.13. The first-order valence-corrected chi connectivity index (χ1v) is 7.56. The SMILES string of the molecule is CNC(=S)SCCSCc1nccs1. The zero-order valence-corrected chi connectivity index (χ0v) is 11.1. The van der Waals surface area contributed by atoms with Crippen molar-refractivity contribution >= 4 is 51.4 Å². The lowest BCUT2D eigenvalue weighted by Gasteiger charge is -2.01. The summed E-state index contributed by atoms with van der Waals surface area (Å²) in [5.74, 6) is 3.20. The third kappa shape index (κ3) is 5.19. The van der Waals surface area contributed by atoms with Gasteiger partial charge in [0.05, 0.1) is 0 Å². The van der Waals surface area contributed by atoms with Gasteiger partial charge in [0.15, 0.2) is 0 Å². The van der Waals surface area contributed by atoms with E-state index in [0.29, 0.717) is 0 Å². The fraction of sp³-hybridized carbons (Fsp3) is 0.500. The topological polar surface area (TPSA) is 24.9 Å². The number of thiocarbonyl (C=S) groups is 1. The maximum Gasteiger partial charge on any atom is 0.133 e. The van der Waals surface area contributed by atoms with Gasteiger partial charge in [-0.3, -0.25) is 0 Å². The van der Waals surface area contributed by atoms with E-state index in [-0.39, 0.29) is 0 Å². The van der Waals surface area contributed by atoms with Gasteiger partial charge in [-0.05, 0) is 0 Å². The van der Waals surface area contributed by atoms with E-state index in [1.54, 1.807) is 23.1 Å². The van der Waals surface area contributed by atoms with E-state index in [1.807, 2.05) is 30.4 Å². The molecular formula is C8H12N2S4. The Bertz CT molecular complexity index is 260. The molecule has 1 aromatic heterocycles. The molecule has 0 aliphatic rings. The second kappa shape index (κ2) is 7.50.